The highest BCUT2D eigenvalue weighted by atomic mass is 32.1. The molecule has 150 valence electrons. The molecule has 7 heteroatoms. The Kier molecular flexibility index (Phi) is 4.72. The minimum absolute atomic E-state index is 0.126. The Labute approximate surface area is 174 Å². The number of hydrogen-bond donors (Lipinski definition) is 1. The van der Waals surface area contributed by atoms with Crippen molar-refractivity contribution < 1.29 is 4.74 Å². The van der Waals surface area contributed by atoms with E-state index in [-0.39, 0.29) is 5.41 Å². The van der Waals surface area contributed by atoms with Gasteiger partial charge in [-0.25, -0.2) is 15.0 Å². The second kappa shape index (κ2) is 7.39. The Morgan fingerprint density at radius 2 is 2.10 bits per heavy atom. The summed E-state index contributed by atoms with van der Waals surface area (Å²) in [6.07, 6.45) is 8.50. The highest BCUT2D eigenvalue weighted by molar-refractivity contribution is 7.15. The number of nitrogens with two attached hydrogens (primary N) is 1. The number of anilines is 1. The van der Waals surface area contributed by atoms with Gasteiger partial charge in [-0.3, -0.25) is 4.90 Å². The van der Waals surface area contributed by atoms with E-state index >= 15 is 0 Å². The van der Waals surface area contributed by atoms with E-state index in [0.717, 1.165) is 48.8 Å². The molecular formula is C22H25N5OS. The van der Waals surface area contributed by atoms with E-state index in [4.69, 9.17) is 10.5 Å². The molecule has 1 saturated heterocycles. The number of nitrogens with zero attached hydrogens (tertiary/aromatic N) is 4. The van der Waals surface area contributed by atoms with Crippen molar-refractivity contribution in [1.82, 2.24) is 19.9 Å². The van der Waals surface area contributed by atoms with Crippen molar-refractivity contribution >= 4 is 17.3 Å². The van der Waals surface area contributed by atoms with Gasteiger partial charge in [-0.05, 0) is 49.9 Å². The fourth-order valence-electron chi connectivity index (χ4n) is 4.86. The lowest BCUT2D eigenvalue weighted by Crippen LogP contribution is -2.44. The number of ether oxygens (including phenoxy) is 1. The first-order valence-electron chi connectivity index (χ1n) is 10.1. The number of aryl methyl sites for hydroxylation is 1. The van der Waals surface area contributed by atoms with Gasteiger partial charge in [-0.1, -0.05) is 12.1 Å². The van der Waals surface area contributed by atoms with Crippen LogP contribution in [0, 0.1) is 0 Å². The summed E-state index contributed by atoms with van der Waals surface area (Å²) >= 11 is 1.75. The van der Waals surface area contributed by atoms with Crippen LogP contribution >= 0.6 is 11.3 Å². The van der Waals surface area contributed by atoms with Gasteiger partial charge in [-0.15, -0.1) is 11.3 Å². The maximum atomic E-state index is 5.91. The first kappa shape index (κ1) is 18.5. The number of nitrogen functional groups attached to an aromatic ring is 1. The molecular weight excluding hydrogens is 382 g/mol. The quantitative estimate of drug-likeness (QED) is 0.711. The fourth-order valence-corrected chi connectivity index (χ4v) is 5.85. The van der Waals surface area contributed by atoms with Crippen molar-refractivity contribution in [3.05, 3.63) is 52.8 Å². The van der Waals surface area contributed by atoms with E-state index in [1.165, 1.54) is 29.0 Å². The van der Waals surface area contributed by atoms with Gasteiger partial charge in [0.15, 0.2) is 0 Å². The van der Waals surface area contributed by atoms with Crippen LogP contribution in [0.1, 0.15) is 35.4 Å². The predicted molar refractivity (Wildman–Crippen MR) is 115 cm³/mol. The number of methoxy groups -OCH3 is 1. The van der Waals surface area contributed by atoms with Crippen LogP contribution in [-0.2, 0) is 18.4 Å². The number of rotatable bonds is 4. The molecule has 6 nitrogen and oxygen atoms in total. The highest BCUT2D eigenvalue weighted by Crippen LogP contribution is 2.44. The van der Waals surface area contributed by atoms with E-state index in [0.29, 0.717) is 5.95 Å². The van der Waals surface area contributed by atoms with Gasteiger partial charge in [0.1, 0.15) is 10.8 Å². The molecule has 1 unspecified atom stereocenters. The van der Waals surface area contributed by atoms with Crippen LogP contribution in [0.3, 0.4) is 0 Å². The maximum absolute atomic E-state index is 5.91. The lowest BCUT2D eigenvalue weighted by molar-refractivity contribution is 0.138. The van der Waals surface area contributed by atoms with Crippen LogP contribution in [-0.4, -0.2) is 40.1 Å². The first-order valence-corrected chi connectivity index (χ1v) is 10.9. The summed E-state index contributed by atoms with van der Waals surface area (Å²) in [6, 6.07) is 8.06. The molecule has 0 bridgehead atoms. The van der Waals surface area contributed by atoms with Crippen LogP contribution in [0.5, 0.6) is 5.75 Å². The Morgan fingerprint density at radius 3 is 3.00 bits per heavy atom. The summed E-state index contributed by atoms with van der Waals surface area (Å²) in [5.41, 5.74) is 9.55. The Bertz CT molecular complexity index is 1030. The fraction of sp³-hybridized carbons (Fsp3) is 0.409. The van der Waals surface area contributed by atoms with Gasteiger partial charge in [0.05, 0.1) is 18.4 Å². The van der Waals surface area contributed by atoms with Crippen LogP contribution in [0.25, 0.3) is 10.6 Å². The van der Waals surface area contributed by atoms with Crippen molar-refractivity contribution in [3.63, 3.8) is 0 Å². The molecule has 29 heavy (non-hydrogen) atoms. The average molecular weight is 408 g/mol. The van der Waals surface area contributed by atoms with Crippen molar-refractivity contribution in [2.45, 2.75) is 37.6 Å². The van der Waals surface area contributed by atoms with E-state index < -0.39 is 0 Å². The Hall–Kier alpha value is -2.51. The van der Waals surface area contributed by atoms with Crippen LogP contribution in [0.4, 0.5) is 5.95 Å². The zero-order valence-corrected chi connectivity index (χ0v) is 17.4. The lowest BCUT2D eigenvalue weighted by atomic mass is 9.77. The zero-order chi connectivity index (χ0) is 19.8. The average Bonchev–Trinajstić information content (AvgIpc) is 3.33. The van der Waals surface area contributed by atoms with E-state index in [1.807, 2.05) is 30.6 Å². The number of fused-ring (bicyclic) bond motifs is 2. The number of benzene rings is 1. The molecule has 0 radical (unpaired) electrons. The van der Waals surface area contributed by atoms with Crippen molar-refractivity contribution in [3.8, 4) is 16.3 Å². The number of thiazole rings is 1. The number of likely N-dealkylation sites (tertiary alicyclic amines) is 1. The number of para-hydroxylation sites is 1. The standard InChI is InChI=1S/C22H25N5OS/c1-28-18-6-3-2-5-17(18)20-24-12-16(29-20)13-27-10-4-8-22(14-27)9-7-15-11-25-21(23)26-19(15)22/h2-3,5-6,11-12H,4,7-10,13-14H2,1H3,(H2,23,25,26). The maximum Gasteiger partial charge on any atom is 0.220 e. The molecule has 1 aromatic carbocycles. The highest BCUT2D eigenvalue weighted by Gasteiger charge is 2.43. The van der Waals surface area contributed by atoms with E-state index in [9.17, 15) is 0 Å². The van der Waals surface area contributed by atoms with Gasteiger partial charge in [0.2, 0.25) is 5.95 Å². The Morgan fingerprint density at radius 1 is 1.21 bits per heavy atom. The predicted octanol–water partition coefficient (Wildman–Crippen LogP) is 3.67. The van der Waals surface area contributed by atoms with Gasteiger partial charge in [-0.2, -0.15) is 0 Å². The number of hydrogen-bond acceptors (Lipinski definition) is 7. The molecule has 1 aliphatic carbocycles. The third-order valence-corrected chi connectivity index (χ3v) is 7.20. The summed E-state index contributed by atoms with van der Waals surface area (Å²) in [4.78, 5) is 17.4. The second-order valence-electron chi connectivity index (χ2n) is 8.03. The largest absolute Gasteiger partial charge is 0.496 e. The van der Waals surface area contributed by atoms with Crippen molar-refractivity contribution in [2.24, 2.45) is 0 Å². The van der Waals surface area contributed by atoms with E-state index in [2.05, 4.69) is 25.9 Å². The molecule has 2 aromatic heterocycles. The molecule has 1 spiro atoms. The molecule has 3 heterocycles. The van der Waals surface area contributed by atoms with E-state index in [1.54, 1.807) is 18.4 Å². The van der Waals surface area contributed by atoms with Gasteiger partial charge >= 0.3 is 0 Å². The molecule has 1 fully saturated rings. The Balaban J connectivity index is 1.35. The lowest BCUT2D eigenvalue weighted by Gasteiger charge is -2.40. The molecule has 2 aliphatic rings. The molecule has 1 atom stereocenters. The molecule has 1 aliphatic heterocycles. The molecule has 2 N–H and O–H groups in total. The third kappa shape index (κ3) is 3.38. The van der Waals surface area contributed by atoms with Crippen LogP contribution in [0.2, 0.25) is 0 Å². The first-order chi connectivity index (χ1) is 14.2. The van der Waals surface area contributed by atoms with Crippen molar-refractivity contribution in [1.29, 1.82) is 0 Å². The minimum Gasteiger partial charge on any atom is -0.496 e. The van der Waals surface area contributed by atoms with Gasteiger partial charge in [0.25, 0.3) is 0 Å². The smallest absolute Gasteiger partial charge is 0.220 e. The van der Waals surface area contributed by atoms with Gasteiger partial charge < -0.3 is 10.5 Å². The molecule has 5 rings (SSSR count). The molecule has 0 amide bonds. The van der Waals surface area contributed by atoms with Crippen LogP contribution in [0.15, 0.2) is 36.7 Å². The minimum atomic E-state index is 0.126. The van der Waals surface area contributed by atoms with Crippen LogP contribution < -0.4 is 10.5 Å². The van der Waals surface area contributed by atoms with Gasteiger partial charge in [0, 0.05) is 35.8 Å². The summed E-state index contributed by atoms with van der Waals surface area (Å²) in [5, 5.41) is 1.01. The normalized spacial score (nSPS) is 21.4. The summed E-state index contributed by atoms with van der Waals surface area (Å²) in [5.74, 6) is 1.26. The number of aromatic nitrogens is 3. The molecule has 0 saturated carbocycles. The summed E-state index contributed by atoms with van der Waals surface area (Å²) < 4.78 is 5.50. The second-order valence-corrected chi connectivity index (χ2v) is 9.14. The summed E-state index contributed by atoms with van der Waals surface area (Å²) in [7, 11) is 1.70. The monoisotopic (exact) mass is 407 g/mol. The molecule has 3 aromatic rings. The summed E-state index contributed by atoms with van der Waals surface area (Å²) in [6.45, 7) is 3.06. The number of piperidine rings is 1. The third-order valence-electron chi connectivity index (χ3n) is 6.18. The topological polar surface area (TPSA) is 77.2 Å². The van der Waals surface area contributed by atoms with Crippen molar-refractivity contribution in [2.75, 3.05) is 25.9 Å². The zero-order valence-electron chi connectivity index (χ0n) is 16.6. The SMILES string of the molecule is COc1ccccc1-c1ncc(CN2CCCC3(CCc4cnc(N)nc43)C2)s1.